The number of anilines is 1. The number of piperazine rings is 1. The SMILES string of the molecule is CCOC(=O)c1ccccc1NC(=O)c1cccc(S(=O)(=O)N2CCN(C)CC2)c1. The summed E-state index contributed by atoms with van der Waals surface area (Å²) in [7, 11) is -1.74. The molecule has 0 spiro atoms. The summed E-state index contributed by atoms with van der Waals surface area (Å²) in [4.78, 5) is 27.0. The highest BCUT2D eigenvalue weighted by Crippen LogP contribution is 2.21. The summed E-state index contributed by atoms with van der Waals surface area (Å²) in [6.45, 7) is 4.04. The second-order valence-electron chi connectivity index (χ2n) is 6.96. The zero-order valence-corrected chi connectivity index (χ0v) is 17.8. The number of carbonyl (C=O) groups is 2. The Morgan fingerprint density at radius 1 is 1.03 bits per heavy atom. The maximum Gasteiger partial charge on any atom is 0.340 e. The molecule has 2 aromatic carbocycles. The van der Waals surface area contributed by atoms with E-state index in [2.05, 4.69) is 10.2 Å². The molecule has 0 aliphatic carbocycles. The Bertz CT molecular complexity index is 1030. The van der Waals surface area contributed by atoms with Crippen LogP contribution in [0.4, 0.5) is 5.69 Å². The molecule has 2 aromatic rings. The zero-order valence-electron chi connectivity index (χ0n) is 17.0. The molecular weight excluding hydrogens is 406 g/mol. The molecular formula is C21H25N3O5S. The van der Waals surface area contributed by atoms with E-state index in [1.807, 2.05) is 7.05 Å². The highest BCUT2D eigenvalue weighted by molar-refractivity contribution is 7.89. The van der Waals surface area contributed by atoms with E-state index in [1.54, 1.807) is 31.2 Å². The third-order valence-electron chi connectivity index (χ3n) is 4.87. The number of hydrogen-bond donors (Lipinski definition) is 1. The van der Waals surface area contributed by atoms with Crippen LogP contribution in [0.3, 0.4) is 0 Å². The quantitative estimate of drug-likeness (QED) is 0.704. The van der Waals surface area contributed by atoms with Crippen molar-refractivity contribution in [1.29, 1.82) is 0 Å². The van der Waals surface area contributed by atoms with Crippen molar-refractivity contribution >= 4 is 27.6 Å². The Balaban J connectivity index is 1.81. The number of sulfonamides is 1. The van der Waals surface area contributed by atoms with Crippen LogP contribution < -0.4 is 5.32 Å². The van der Waals surface area contributed by atoms with E-state index in [-0.39, 0.29) is 22.6 Å². The average Bonchev–Trinajstić information content (AvgIpc) is 2.74. The lowest BCUT2D eigenvalue weighted by Crippen LogP contribution is -2.47. The van der Waals surface area contributed by atoms with Crippen LogP contribution in [0.1, 0.15) is 27.6 Å². The molecule has 0 radical (unpaired) electrons. The third-order valence-corrected chi connectivity index (χ3v) is 6.76. The first kappa shape index (κ1) is 21.9. The van der Waals surface area contributed by atoms with Gasteiger partial charge in [0.05, 0.1) is 22.8 Å². The standard InChI is InChI=1S/C21H25N3O5S/c1-3-29-21(26)18-9-4-5-10-19(18)22-20(25)16-7-6-8-17(15-16)30(27,28)24-13-11-23(2)12-14-24/h4-10,15H,3,11-14H2,1-2H3,(H,22,25). The van der Waals surface area contributed by atoms with Crippen molar-refractivity contribution in [2.24, 2.45) is 0 Å². The van der Waals surface area contributed by atoms with E-state index >= 15 is 0 Å². The number of esters is 1. The molecule has 9 heteroatoms. The fourth-order valence-corrected chi connectivity index (χ4v) is 4.62. The van der Waals surface area contributed by atoms with Crippen molar-refractivity contribution in [1.82, 2.24) is 9.21 Å². The Kier molecular flexibility index (Phi) is 6.86. The summed E-state index contributed by atoms with van der Waals surface area (Å²) >= 11 is 0. The number of para-hydroxylation sites is 1. The van der Waals surface area contributed by atoms with E-state index < -0.39 is 21.9 Å². The first-order valence-corrected chi connectivity index (χ1v) is 11.1. The molecule has 1 N–H and O–H groups in total. The molecule has 0 atom stereocenters. The van der Waals surface area contributed by atoms with Crippen molar-refractivity contribution in [2.75, 3.05) is 45.2 Å². The second kappa shape index (κ2) is 9.38. The Morgan fingerprint density at radius 3 is 2.43 bits per heavy atom. The Hall–Kier alpha value is -2.75. The van der Waals surface area contributed by atoms with E-state index in [0.29, 0.717) is 31.9 Å². The lowest BCUT2D eigenvalue weighted by Gasteiger charge is -2.31. The molecule has 3 rings (SSSR count). The minimum atomic E-state index is -3.69. The van der Waals surface area contributed by atoms with Gasteiger partial charge in [-0.3, -0.25) is 4.79 Å². The fourth-order valence-electron chi connectivity index (χ4n) is 3.15. The van der Waals surface area contributed by atoms with Crippen LogP contribution in [0.25, 0.3) is 0 Å². The Morgan fingerprint density at radius 2 is 1.73 bits per heavy atom. The Labute approximate surface area is 176 Å². The zero-order chi connectivity index (χ0) is 21.7. The number of benzene rings is 2. The van der Waals surface area contributed by atoms with E-state index in [4.69, 9.17) is 4.74 Å². The third kappa shape index (κ3) is 4.86. The number of nitrogens with zero attached hydrogens (tertiary/aromatic N) is 2. The van der Waals surface area contributed by atoms with E-state index in [0.717, 1.165) is 0 Å². The van der Waals surface area contributed by atoms with Gasteiger partial charge in [0, 0.05) is 31.7 Å². The van der Waals surface area contributed by atoms with Crippen LogP contribution in [0.2, 0.25) is 0 Å². The molecule has 1 amide bonds. The van der Waals surface area contributed by atoms with Gasteiger partial charge in [-0.25, -0.2) is 13.2 Å². The summed E-state index contributed by atoms with van der Waals surface area (Å²) in [6, 6.07) is 12.4. The predicted octanol–water partition coefficient (Wildman–Crippen LogP) is 2.05. The molecule has 1 aliphatic heterocycles. The molecule has 1 heterocycles. The van der Waals surface area contributed by atoms with Crippen molar-refractivity contribution in [2.45, 2.75) is 11.8 Å². The molecule has 1 fully saturated rings. The van der Waals surface area contributed by atoms with E-state index in [1.165, 1.54) is 28.6 Å². The fraction of sp³-hybridized carbons (Fsp3) is 0.333. The number of carbonyl (C=O) groups excluding carboxylic acids is 2. The minimum absolute atomic E-state index is 0.0679. The minimum Gasteiger partial charge on any atom is -0.462 e. The first-order valence-electron chi connectivity index (χ1n) is 9.69. The molecule has 0 saturated carbocycles. The molecule has 0 bridgehead atoms. The second-order valence-corrected chi connectivity index (χ2v) is 8.89. The van der Waals surface area contributed by atoms with E-state index in [9.17, 15) is 18.0 Å². The summed E-state index contributed by atoms with van der Waals surface area (Å²) in [5.74, 6) is -1.05. The molecule has 30 heavy (non-hydrogen) atoms. The van der Waals surface area contributed by atoms with Crippen LogP contribution in [0.15, 0.2) is 53.4 Å². The van der Waals surface area contributed by atoms with Gasteiger partial charge >= 0.3 is 5.97 Å². The van der Waals surface area contributed by atoms with Gasteiger partial charge in [0.2, 0.25) is 10.0 Å². The lowest BCUT2D eigenvalue weighted by molar-refractivity contribution is 0.0527. The number of amides is 1. The van der Waals surface area contributed by atoms with Gasteiger partial charge in [-0.15, -0.1) is 0 Å². The maximum absolute atomic E-state index is 13.0. The van der Waals surface area contributed by atoms with Gasteiger partial charge in [-0.1, -0.05) is 18.2 Å². The number of hydrogen-bond acceptors (Lipinski definition) is 6. The highest BCUT2D eigenvalue weighted by atomic mass is 32.2. The van der Waals surface area contributed by atoms with Gasteiger partial charge < -0.3 is 15.0 Å². The van der Waals surface area contributed by atoms with Crippen molar-refractivity contribution in [3.05, 3.63) is 59.7 Å². The largest absolute Gasteiger partial charge is 0.462 e. The average molecular weight is 432 g/mol. The van der Waals surface area contributed by atoms with Gasteiger partial charge in [-0.05, 0) is 44.3 Å². The van der Waals surface area contributed by atoms with Crippen molar-refractivity contribution in [3.8, 4) is 0 Å². The summed E-state index contributed by atoms with van der Waals surface area (Å²) in [5, 5.41) is 2.68. The van der Waals surface area contributed by atoms with Gasteiger partial charge in [0.25, 0.3) is 5.91 Å². The number of rotatable bonds is 6. The van der Waals surface area contributed by atoms with Crippen molar-refractivity contribution in [3.63, 3.8) is 0 Å². The van der Waals surface area contributed by atoms with Crippen LogP contribution in [0, 0.1) is 0 Å². The monoisotopic (exact) mass is 431 g/mol. The predicted molar refractivity (Wildman–Crippen MR) is 113 cm³/mol. The van der Waals surface area contributed by atoms with Gasteiger partial charge in [-0.2, -0.15) is 4.31 Å². The van der Waals surface area contributed by atoms with Crippen LogP contribution in [0.5, 0.6) is 0 Å². The van der Waals surface area contributed by atoms with Gasteiger partial charge in [0.15, 0.2) is 0 Å². The summed E-state index contributed by atoms with van der Waals surface area (Å²) in [5.41, 5.74) is 0.714. The van der Waals surface area contributed by atoms with Crippen molar-refractivity contribution < 1.29 is 22.7 Å². The molecule has 8 nitrogen and oxygen atoms in total. The molecule has 0 aromatic heterocycles. The van der Waals surface area contributed by atoms with Gasteiger partial charge in [0.1, 0.15) is 0 Å². The topological polar surface area (TPSA) is 96.0 Å². The maximum atomic E-state index is 13.0. The van der Waals surface area contributed by atoms with Crippen LogP contribution >= 0.6 is 0 Å². The first-order chi connectivity index (χ1) is 14.3. The van der Waals surface area contributed by atoms with Crippen LogP contribution in [-0.2, 0) is 14.8 Å². The lowest BCUT2D eigenvalue weighted by atomic mass is 10.1. The molecule has 1 aliphatic rings. The number of nitrogens with one attached hydrogen (secondary N) is 1. The molecule has 160 valence electrons. The smallest absolute Gasteiger partial charge is 0.340 e. The normalized spacial score (nSPS) is 15.5. The molecule has 0 unspecified atom stereocenters. The summed E-state index contributed by atoms with van der Waals surface area (Å²) in [6.07, 6.45) is 0. The summed E-state index contributed by atoms with van der Waals surface area (Å²) < 4.78 is 32.4. The molecule has 1 saturated heterocycles. The number of likely N-dealkylation sites (N-methyl/N-ethyl adjacent to an activating group) is 1. The highest BCUT2D eigenvalue weighted by Gasteiger charge is 2.28. The van der Waals surface area contributed by atoms with Crippen LogP contribution in [-0.4, -0.2) is 69.3 Å². The number of ether oxygens (including phenoxy) is 1.